The van der Waals surface area contributed by atoms with E-state index in [2.05, 4.69) is 29.1 Å². The first-order valence-electron chi connectivity index (χ1n) is 6.31. The second-order valence-corrected chi connectivity index (χ2v) is 5.01. The van der Waals surface area contributed by atoms with E-state index in [4.69, 9.17) is 5.11 Å². The first-order chi connectivity index (χ1) is 8.43. The molecule has 0 aliphatic carbocycles. The van der Waals surface area contributed by atoms with Gasteiger partial charge in [-0.1, -0.05) is 13.8 Å². The minimum atomic E-state index is -0.787. The van der Waals surface area contributed by atoms with Crippen LogP contribution in [-0.4, -0.2) is 39.4 Å². The zero-order chi connectivity index (χ0) is 13.7. The Labute approximate surface area is 108 Å². The second-order valence-electron chi connectivity index (χ2n) is 5.01. The Morgan fingerprint density at radius 2 is 1.72 bits per heavy atom. The largest absolute Gasteiger partial charge is 0.394 e. The number of nitrogens with zero attached hydrogens (tertiary/aromatic N) is 2. The Morgan fingerprint density at radius 3 is 2.17 bits per heavy atom. The van der Waals surface area contributed by atoms with E-state index in [1.165, 1.54) is 5.56 Å². The van der Waals surface area contributed by atoms with E-state index in [0.29, 0.717) is 11.9 Å². The Kier molecular flexibility index (Phi) is 5.50. The molecule has 0 saturated carbocycles. The summed E-state index contributed by atoms with van der Waals surface area (Å²) in [6.45, 7) is 8.26. The van der Waals surface area contributed by atoms with Crippen molar-refractivity contribution in [1.82, 2.24) is 9.97 Å². The third kappa shape index (κ3) is 4.23. The molecule has 0 saturated heterocycles. The Bertz CT molecular complexity index is 371. The number of aryl methyl sites for hydroxylation is 2. The molecule has 0 aliphatic heterocycles. The minimum Gasteiger partial charge on any atom is -0.394 e. The molecule has 0 radical (unpaired) electrons. The molecule has 102 valence electrons. The number of nitrogens with one attached hydrogen (secondary N) is 1. The van der Waals surface area contributed by atoms with Gasteiger partial charge in [0, 0.05) is 17.9 Å². The molecule has 0 fully saturated rings. The van der Waals surface area contributed by atoms with E-state index < -0.39 is 6.10 Å². The third-order valence-corrected chi connectivity index (χ3v) is 2.74. The Morgan fingerprint density at radius 1 is 1.17 bits per heavy atom. The van der Waals surface area contributed by atoms with E-state index in [9.17, 15) is 5.11 Å². The highest BCUT2D eigenvalue weighted by Crippen LogP contribution is 2.16. The summed E-state index contributed by atoms with van der Waals surface area (Å²) in [7, 11) is 0. The summed E-state index contributed by atoms with van der Waals surface area (Å²) in [5.74, 6) is 1.08. The number of rotatable bonds is 6. The molecule has 3 N–H and O–H groups in total. The van der Waals surface area contributed by atoms with Crippen molar-refractivity contribution in [2.45, 2.75) is 40.2 Å². The lowest BCUT2D eigenvalue weighted by Crippen LogP contribution is -2.24. The van der Waals surface area contributed by atoms with Crippen LogP contribution in [0.2, 0.25) is 0 Å². The van der Waals surface area contributed by atoms with E-state index in [0.717, 1.165) is 17.8 Å². The van der Waals surface area contributed by atoms with Gasteiger partial charge in [0.15, 0.2) is 0 Å². The molecule has 0 amide bonds. The van der Waals surface area contributed by atoms with E-state index in [-0.39, 0.29) is 13.2 Å². The highest BCUT2D eigenvalue weighted by atomic mass is 16.3. The maximum Gasteiger partial charge on any atom is 0.223 e. The van der Waals surface area contributed by atoms with Gasteiger partial charge in [-0.25, -0.2) is 9.97 Å². The number of anilines is 1. The van der Waals surface area contributed by atoms with Crippen molar-refractivity contribution in [1.29, 1.82) is 0 Å². The average molecular weight is 253 g/mol. The maximum atomic E-state index is 9.26. The van der Waals surface area contributed by atoms with Crippen LogP contribution < -0.4 is 5.32 Å². The maximum absolute atomic E-state index is 9.26. The SMILES string of the molecule is Cc1nc(NC[C@@H](O)CO)nc(C)c1CC(C)C. The Balaban J connectivity index is 2.79. The quantitative estimate of drug-likeness (QED) is 0.706. The smallest absolute Gasteiger partial charge is 0.223 e. The van der Waals surface area contributed by atoms with Crippen LogP contribution >= 0.6 is 0 Å². The first kappa shape index (κ1) is 14.9. The highest BCUT2D eigenvalue weighted by Gasteiger charge is 2.10. The van der Waals surface area contributed by atoms with Gasteiger partial charge < -0.3 is 15.5 Å². The van der Waals surface area contributed by atoms with Gasteiger partial charge in [0.25, 0.3) is 0 Å². The van der Waals surface area contributed by atoms with Crippen LogP contribution in [-0.2, 0) is 6.42 Å². The fraction of sp³-hybridized carbons (Fsp3) is 0.692. The number of hydrogen-bond acceptors (Lipinski definition) is 5. The third-order valence-electron chi connectivity index (χ3n) is 2.74. The van der Waals surface area contributed by atoms with Crippen molar-refractivity contribution in [3.05, 3.63) is 17.0 Å². The van der Waals surface area contributed by atoms with Crippen molar-refractivity contribution in [2.24, 2.45) is 5.92 Å². The summed E-state index contributed by atoms with van der Waals surface area (Å²) < 4.78 is 0. The molecule has 0 aliphatic rings. The van der Waals surface area contributed by atoms with Gasteiger partial charge in [0.05, 0.1) is 12.7 Å². The molecular formula is C13H23N3O2. The monoisotopic (exact) mass is 253 g/mol. The zero-order valence-corrected chi connectivity index (χ0v) is 11.6. The van der Waals surface area contributed by atoms with E-state index in [1.54, 1.807) is 0 Å². The van der Waals surface area contributed by atoms with Crippen molar-refractivity contribution in [3.63, 3.8) is 0 Å². The molecule has 18 heavy (non-hydrogen) atoms. The molecular weight excluding hydrogens is 230 g/mol. The van der Waals surface area contributed by atoms with Crippen molar-refractivity contribution in [2.75, 3.05) is 18.5 Å². The molecule has 1 heterocycles. The number of aromatic nitrogens is 2. The summed E-state index contributed by atoms with van der Waals surface area (Å²) >= 11 is 0. The van der Waals surface area contributed by atoms with Crippen LogP contribution in [0.4, 0.5) is 5.95 Å². The van der Waals surface area contributed by atoms with E-state index >= 15 is 0 Å². The zero-order valence-electron chi connectivity index (χ0n) is 11.6. The molecule has 0 bridgehead atoms. The first-order valence-corrected chi connectivity index (χ1v) is 6.31. The minimum absolute atomic E-state index is 0.249. The van der Waals surface area contributed by atoms with Crippen LogP contribution in [0.1, 0.15) is 30.8 Å². The molecule has 1 aromatic rings. The van der Waals surface area contributed by atoms with Crippen LogP contribution in [0.5, 0.6) is 0 Å². The lowest BCUT2D eigenvalue weighted by molar-refractivity contribution is 0.105. The molecule has 1 atom stereocenters. The van der Waals surface area contributed by atoms with Gasteiger partial charge in [-0.15, -0.1) is 0 Å². The van der Waals surface area contributed by atoms with Gasteiger partial charge in [0.2, 0.25) is 5.95 Å². The Hall–Kier alpha value is -1.20. The molecule has 0 unspecified atom stereocenters. The summed E-state index contributed by atoms with van der Waals surface area (Å²) in [5.41, 5.74) is 3.13. The highest BCUT2D eigenvalue weighted by molar-refractivity contribution is 5.34. The van der Waals surface area contributed by atoms with Crippen LogP contribution in [0, 0.1) is 19.8 Å². The van der Waals surface area contributed by atoms with Gasteiger partial charge in [0.1, 0.15) is 0 Å². The summed E-state index contributed by atoms with van der Waals surface area (Å²) in [6, 6.07) is 0. The lowest BCUT2D eigenvalue weighted by atomic mass is 10.0. The lowest BCUT2D eigenvalue weighted by Gasteiger charge is -2.14. The van der Waals surface area contributed by atoms with Gasteiger partial charge >= 0.3 is 0 Å². The van der Waals surface area contributed by atoms with Crippen LogP contribution in [0.3, 0.4) is 0 Å². The van der Waals surface area contributed by atoms with Crippen molar-refractivity contribution >= 4 is 5.95 Å². The molecule has 0 aromatic carbocycles. The predicted octanol–water partition coefficient (Wildman–Crippen LogP) is 1.06. The predicted molar refractivity (Wildman–Crippen MR) is 71.6 cm³/mol. The van der Waals surface area contributed by atoms with E-state index in [1.807, 2.05) is 13.8 Å². The summed E-state index contributed by atoms with van der Waals surface area (Å²) in [4.78, 5) is 8.76. The fourth-order valence-electron chi connectivity index (χ4n) is 1.80. The number of aliphatic hydroxyl groups is 2. The molecule has 1 rings (SSSR count). The molecule has 1 aromatic heterocycles. The van der Waals surface area contributed by atoms with Crippen molar-refractivity contribution in [3.8, 4) is 0 Å². The summed E-state index contributed by atoms with van der Waals surface area (Å²) in [6.07, 6.45) is 0.182. The van der Waals surface area contributed by atoms with Crippen LogP contribution in [0.25, 0.3) is 0 Å². The van der Waals surface area contributed by atoms with Crippen LogP contribution in [0.15, 0.2) is 0 Å². The van der Waals surface area contributed by atoms with Gasteiger partial charge in [-0.2, -0.15) is 0 Å². The molecule has 0 spiro atoms. The normalized spacial score (nSPS) is 12.8. The summed E-state index contributed by atoms with van der Waals surface area (Å²) in [5, 5.41) is 20.9. The standard InChI is InChI=1S/C13H23N3O2/c1-8(2)5-12-9(3)15-13(16-10(12)4)14-6-11(18)7-17/h8,11,17-18H,5-7H2,1-4H3,(H,14,15,16)/t11-/m1/s1. The van der Waals surface area contributed by atoms with Gasteiger partial charge in [-0.05, 0) is 31.7 Å². The number of aliphatic hydroxyl groups excluding tert-OH is 2. The number of hydrogen-bond donors (Lipinski definition) is 3. The fourth-order valence-corrected chi connectivity index (χ4v) is 1.80. The second kappa shape index (κ2) is 6.66. The van der Waals surface area contributed by atoms with Gasteiger partial charge in [-0.3, -0.25) is 0 Å². The average Bonchev–Trinajstić information content (AvgIpc) is 2.30. The molecule has 5 heteroatoms. The van der Waals surface area contributed by atoms with Crippen molar-refractivity contribution < 1.29 is 10.2 Å². The molecule has 5 nitrogen and oxygen atoms in total. The topological polar surface area (TPSA) is 78.3 Å².